The van der Waals surface area contributed by atoms with Gasteiger partial charge >= 0.3 is 5.69 Å². The number of aromatic amines is 1. The van der Waals surface area contributed by atoms with Gasteiger partial charge in [-0.05, 0) is 35.1 Å². The maximum absolute atomic E-state index is 13.5. The molecule has 0 saturated carbocycles. The van der Waals surface area contributed by atoms with Gasteiger partial charge in [0.1, 0.15) is 5.82 Å². The summed E-state index contributed by atoms with van der Waals surface area (Å²) in [5, 5.41) is 13.5. The number of nitrogens with one attached hydrogen (secondary N) is 2. The molecule has 0 bridgehead atoms. The van der Waals surface area contributed by atoms with Gasteiger partial charge in [-0.3, -0.25) is 19.1 Å². The molecular formula is C27H27N3O5. The summed E-state index contributed by atoms with van der Waals surface area (Å²) in [7, 11) is 1.44. The van der Waals surface area contributed by atoms with E-state index in [0.717, 1.165) is 5.56 Å². The predicted octanol–water partition coefficient (Wildman–Crippen LogP) is 3.50. The van der Waals surface area contributed by atoms with Crippen molar-refractivity contribution < 1.29 is 14.6 Å². The maximum Gasteiger partial charge on any atom is 0.330 e. The van der Waals surface area contributed by atoms with E-state index in [1.54, 1.807) is 12.1 Å². The Morgan fingerprint density at radius 3 is 2.54 bits per heavy atom. The van der Waals surface area contributed by atoms with Crippen LogP contribution in [0.4, 0.5) is 5.82 Å². The highest BCUT2D eigenvalue weighted by molar-refractivity contribution is 6.01. The molecule has 8 nitrogen and oxygen atoms in total. The monoisotopic (exact) mass is 473 g/mol. The minimum atomic E-state index is -0.717. The standard InChI is InChI=1S/C27H27N3O5/c1-27(2)12-17-22(19(32)13-27)21(16-9-10-18(31)20(11-16)35-3)23-24(28-17)30(26(34)29-25(23)33)14-15-7-5-4-6-8-15/h4-11,21,28,31H,12-14H2,1-3H3,(H,29,33,34)/t21-/m0/s1. The summed E-state index contributed by atoms with van der Waals surface area (Å²) in [6.45, 7) is 4.30. The number of aromatic hydroxyl groups is 1. The van der Waals surface area contributed by atoms with Gasteiger partial charge in [-0.1, -0.05) is 50.2 Å². The molecule has 2 heterocycles. The smallest absolute Gasteiger partial charge is 0.330 e. The Bertz CT molecular complexity index is 1480. The van der Waals surface area contributed by atoms with Crippen LogP contribution in [0.5, 0.6) is 11.5 Å². The second-order valence-electron chi connectivity index (χ2n) is 9.92. The number of phenolic OH excluding ortho intramolecular Hbond substituents is 1. The number of hydrogen-bond donors (Lipinski definition) is 3. The van der Waals surface area contributed by atoms with Crippen LogP contribution in [0.2, 0.25) is 0 Å². The molecule has 1 aliphatic heterocycles. The Labute approximate surface area is 201 Å². The van der Waals surface area contributed by atoms with Crippen molar-refractivity contribution in [1.29, 1.82) is 0 Å². The number of fused-ring (bicyclic) bond motifs is 1. The van der Waals surface area contributed by atoms with E-state index < -0.39 is 17.2 Å². The van der Waals surface area contributed by atoms with Gasteiger partial charge in [-0.15, -0.1) is 0 Å². The topological polar surface area (TPSA) is 113 Å². The van der Waals surface area contributed by atoms with E-state index in [9.17, 15) is 19.5 Å². The summed E-state index contributed by atoms with van der Waals surface area (Å²) in [6.07, 6.45) is 0.932. The highest BCUT2D eigenvalue weighted by Crippen LogP contribution is 2.48. The number of ketones is 1. The number of rotatable bonds is 4. The number of anilines is 1. The molecule has 1 aromatic heterocycles. The Kier molecular flexibility index (Phi) is 5.39. The molecule has 2 aromatic carbocycles. The lowest BCUT2D eigenvalue weighted by molar-refractivity contribution is -0.118. The van der Waals surface area contributed by atoms with Crippen molar-refractivity contribution >= 4 is 11.6 Å². The van der Waals surface area contributed by atoms with E-state index in [-0.39, 0.29) is 29.2 Å². The largest absolute Gasteiger partial charge is 0.504 e. The quantitative estimate of drug-likeness (QED) is 0.535. The molecule has 35 heavy (non-hydrogen) atoms. The van der Waals surface area contributed by atoms with E-state index in [1.807, 2.05) is 44.2 Å². The molecule has 0 amide bonds. The molecule has 1 atom stereocenters. The summed E-state index contributed by atoms with van der Waals surface area (Å²) >= 11 is 0. The zero-order valence-electron chi connectivity index (χ0n) is 19.8. The van der Waals surface area contributed by atoms with Crippen molar-refractivity contribution in [2.75, 3.05) is 12.4 Å². The van der Waals surface area contributed by atoms with Gasteiger partial charge in [0, 0.05) is 23.6 Å². The van der Waals surface area contributed by atoms with E-state index in [2.05, 4.69) is 10.3 Å². The Morgan fingerprint density at radius 1 is 1.09 bits per heavy atom. The van der Waals surface area contributed by atoms with Gasteiger partial charge < -0.3 is 15.2 Å². The number of carbonyl (C=O) groups is 1. The number of benzene rings is 2. The lowest BCUT2D eigenvalue weighted by atomic mass is 9.69. The SMILES string of the molecule is COc1cc([C@H]2C3=C(CC(C)(C)CC3=O)Nc3c2c(=O)[nH]c(=O)n3Cc2ccccc2)ccc1O. The second kappa shape index (κ2) is 8.30. The third-order valence-corrected chi connectivity index (χ3v) is 6.72. The van der Waals surface area contributed by atoms with Crippen molar-refractivity contribution in [3.8, 4) is 11.5 Å². The van der Waals surface area contributed by atoms with Crippen LogP contribution in [0.15, 0.2) is 69.4 Å². The van der Waals surface area contributed by atoms with Gasteiger partial charge in [0.05, 0.1) is 19.2 Å². The highest BCUT2D eigenvalue weighted by atomic mass is 16.5. The Morgan fingerprint density at radius 2 is 1.83 bits per heavy atom. The van der Waals surface area contributed by atoms with Crippen LogP contribution in [0.1, 0.15) is 49.3 Å². The first-order chi connectivity index (χ1) is 16.7. The van der Waals surface area contributed by atoms with Crippen molar-refractivity contribution in [1.82, 2.24) is 9.55 Å². The van der Waals surface area contributed by atoms with Gasteiger partial charge in [-0.25, -0.2) is 4.79 Å². The zero-order chi connectivity index (χ0) is 24.9. The highest BCUT2D eigenvalue weighted by Gasteiger charge is 2.43. The van der Waals surface area contributed by atoms with E-state index in [0.29, 0.717) is 41.1 Å². The number of hydrogen-bond acceptors (Lipinski definition) is 6. The number of Topliss-reactive ketones (excluding diaryl/α,β-unsaturated/α-hetero) is 1. The number of H-pyrrole nitrogens is 1. The van der Waals surface area contributed by atoms with E-state index >= 15 is 0 Å². The molecule has 8 heteroatoms. The van der Waals surface area contributed by atoms with Crippen LogP contribution in [-0.4, -0.2) is 27.6 Å². The van der Waals surface area contributed by atoms with E-state index in [4.69, 9.17) is 4.74 Å². The fraction of sp³-hybridized carbons (Fsp3) is 0.296. The number of phenols is 1. The van der Waals surface area contributed by atoms with Crippen LogP contribution < -0.4 is 21.3 Å². The van der Waals surface area contributed by atoms with E-state index in [1.165, 1.54) is 17.7 Å². The fourth-order valence-corrected chi connectivity index (χ4v) is 5.18. The summed E-state index contributed by atoms with van der Waals surface area (Å²) in [5.41, 5.74) is 1.68. The Hall–Kier alpha value is -4.07. The average molecular weight is 474 g/mol. The second-order valence-corrected chi connectivity index (χ2v) is 9.92. The fourth-order valence-electron chi connectivity index (χ4n) is 5.18. The van der Waals surface area contributed by atoms with Crippen LogP contribution in [-0.2, 0) is 11.3 Å². The lowest BCUT2D eigenvalue weighted by Gasteiger charge is -2.39. The minimum Gasteiger partial charge on any atom is -0.504 e. The first kappa shape index (κ1) is 22.7. The maximum atomic E-state index is 13.5. The molecule has 0 spiro atoms. The Balaban J connectivity index is 1.78. The summed E-state index contributed by atoms with van der Waals surface area (Å²) in [4.78, 5) is 42.2. The van der Waals surface area contributed by atoms with Crippen molar-refractivity contribution in [2.45, 2.75) is 39.2 Å². The molecule has 180 valence electrons. The number of allylic oxidation sites excluding steroid dienone is 2. The van der Waals surface area contributed by atoms with Gasteiger partial charge in [0.25, 0.3) is 5.56 Å². The molecule has 0 unspecified atom stereocenters. The third kappa shape index (κ3) is 3.95. The van der Waals surface area contributed by atoms with Crippen molar-refractivity contribution in [2.24, 2.45) is 5.41 Å². The number of nitrogens with zero attached hydrogens (tertiary/aromatic N) is 1. The number of carbonyl (C=O) groups excluding carboxylic acids is 1. The van der Waals surface area contributed by atoms with Gasteiger partial charge in [0.15, 0.2) is 17.3 Å². The molecule has 0 saturated heterocycles. The summed E-state index contributed by atoms with van der Waals surface area (Å²) in [6, 6.07) is 14.3. The van der Waals surface area contributed by atoms with Gasteiger partial charge in [-0.2, -0.15) is 0 Å². The number of methoxy groups -OCH3 is 1. The molecule has 1 aliphatic carbocycles. The van der Waals surface area contributed by atoms with Gasteiger partial charge in [0.2, 0.25) is 0 Å². The molecule has 3 N–H and O–H groups in total. The molecule has 0 radical (unpaired) electrons. The summed E-state index contributed by atoms with van der Waals surface area (Å²) < 4.78 is 6.81. The molecule has 3 aromatic rings. The van der Waals surface area contributed by atoms with Crippen molar-refractivity contribution in [3.05, 3.63) is 97.3 Å². The predicted molar refractivity (Wildman–Crippen MR) is 132 cm³/mol. The first-order valence-electron chi connectivity index (χ1n) is 11.5. The average Bonchev–Trinajstić information content (AvgIpc) is 2.80. The zero-order valence-corrected chi connectivity index (χ0v) is 19.8. The number of aromatic nitrogens is 2. The molecular weight excluding hydrogens is 446 g/mol. The van der Waals surface area contributed by atoms with Crippen LogP contribution in [0.3, 0.4) is 0 Å². The number of ether oxygens (including phenoxy) is 1. The van der Waals surface area contributed by atoms with Crippen molar-refractivity contribution in [3.63, 3.8) is 0 Å². The summed E-state index contributed by atoms with van der Waals surface area (Å²) in [5.74, 6) is -0.192. The van der Waals surface area contributed by atoms with Crippen LogP contribution in [0, 0.1) is 5.41 Å². The lowest BCUT2D eigenvalue weighted by Crippen LogP contribution is -2.42. The normalized spacial score (nSPS) is 18.5. The third-order valence-electron chi connectivity index (χ3n) is 6.72. The first-order valence-corrected chi connectivity index (χ1v) is 11.5. The molecule has 2 aliphatic rings. The molecule has 0 fully saturated rings. The van der Waals surface area contributed by atoms with Crippen LogP contribution >= 0.6 is 0 Å². The molecule has 5 rings (SSSR count). The minimum absolute atomic E-state index is 0.0429. The van der Waals surface area contributed by atoms with Crippen LogP contribution in [0.25, 0.3) is 0 Å².